The first-order valence-corrected chi connectivity index (χ1v) is 15.4. The van der Waals surface area contributed by atoms with Gasteiger partial charge in [-0.3, -0.25) is 0 Å². The van der Waals surface area contributed by atoms with Crippen LogP contribution < -0.4 is 0 Å². The predicted octanol–water partition coefficient (Wildman–Crippen LogP) is 6.19. The summed E-state index contributed by atoms with van der Waals surface area (Å²) >= 11 is 6.58. The molecule has 3 aromatic rings. The Morgan fingerprint density at radius 3 is 2.46 bits per heavy atom. The molecular formula is C26H34ClN3O4Si. The summed E-state index contributed by atoms with van der Waals surface area (Å²) in [5, 5.41) is 1.30. The molecule has 2 saturated heterocycles. The molecule has 0 bridgehead atoms. The summed E-state index contributed by atoms with van der Waals surface area (Å²) in [6.45, 7) is 15.5. The van der Waals surface area contributed by atoms with Crippen LogP contribution in [0, 0.1) is 0 Å². The molecule has 1 aromatic carbocycles. The van der Waals surface area contributed by atoms with Crippen molar-refractivity contribution in [3.05, 3.63) is 48.0 Å². The Morgan fingerprint density at radius 2 is 1.77 bits per heavy atom. The van der Waals surface area contributed by atoms with Crippen LogP contribution in [-0.4, -0.2) is 53.6 Å². The second-order valence-electron chi connectivity index (χ2n) is 11.4. The lowest BCUT2D eigenvalue weighted by Crippen LogP contribution is -2.44. The quantitative estimate of drug-likeness (QED) is 0.298. The standard InChI is InChI=1S/C26H34ClN3O4Si/c1-25(2,3)35(6,7)31-14-18-20-21(34-26(4,5)33-20)24(32-18)30-13-17(16-11-9-8-10-12-16)19-22(27)28-15-29-23(19)30/h8-13,15,18,20-21,24H,14H2,1-7H3/t18-,20-,21-,24-/m1/s1. The molecule has 7 nitrogen and oxygen atoms in total. The van der Waals surface area contributed by atoms with E-state index in [1.807, 2.05) is 42.8 Å². The molecule has 2 aliphatic rings. The van der Waals surface area contributed by atoms with E-state index in [4.69, 9.17) is 30.2 Å². The van der Waals surface area contributed by atoms with Crippen LogP contribution in [0.1, 0.15) is 40.8 Å². The van der Waals surface area contributed by atoms with Crippen LogP contribution in [0.25, 0.3) is 22.2 Å². The van der Waals surface area contributed by atoms with E-state index in [1.54, 1.807) is 0 Å². The smallest absolute Gasteiger partial charge is 0.192 e. The van der Waals surface area contributed by atoms with Gasteiger partial charge in [0.15, 0.2) is 20.3 Å². The fourth-order valence-corrected chi connectivity index (χ4v) is 5.85. The molecule has 0 aliphatic carbocycles. The Hall–Kier alpha value is -1.81. The molecule has 9 heteroatoms. The van der Waals surface area contributed by atoms with E-state index in [-0.39, 0.29) is 23.4 Å². The fourth-order valence-electron chi connectivity index (χ4n) is 4.60. The van der Waals surface area contributed by atoms with Gasteiger partial charge in [0, 0.05) is 11.8 Å². The molecule has 2 fully saturated rings. The highest BCUT2D eigenvalue weighted by atomic mass is 35.5. The van der Waals surface area contributed by atoms with Gasteiger partial charge in [0.2, 0.25) is 0 Å². The lowest BCUT2D eigenvalue weighted by molar-refractivity contribution is -0.199. The topological polar surface area (TPSA) is 67.6 Å². The van der Waals surface area contributed by atoms with Crippen LogP contribution in [0.4, 0.5) is 0 Å². The number of aromatic nitrogens is 3. The van der Waals surface area contributed by atoms with Crippen molar-refractivity contribution in [2.75, 3.05) is 6.61 Å². The van der Waals surface area contributed by atoms with E-state index < -0.39 is 20.3 Å². The van der Waals surface area contributed by atoms with Crippen molar-refractivity contribution in [2.45, 2.75) is 83.1 Å². The normalized spacial score (nSPS) is 26.4. The van der Waals surface area contributed by atoms with Gasteiger partial charge in [0.1, 0.15) is 35.4 Å². The molecule has 0 amide bonds. The highest BCUT2D eigenvalue weighted by Gasteiger charge is 2.56. The van der Waals surface area contributed by atoms with Crippen molar-refractivity contribution in [3.63, 3.8) is 0 Å². The van der Waals surface area contributed by atoms with E-state index in [0.29, 0.717) is 17.4 Å². The number of ether oxygens (including phenoxy) is 3. The summed E-state index contributed by atoms with van der Waals surface area (Å²) in [6.07, 6.45) is 2.24. The minimum absolute atomic E-state index is 0.103. The van der Waals surface area contributed by atoms with Gasteiger partial charge in [-0.2, -0.15) is 0 Å². The average molecular weight is 516 g/mol. The summed E-state index contributed by atoms with van der Waals surface area (Å²) in [5.74, 6) is -0.718. The molecule has 35 heavy (non-hydrogen) atoms. The summed E-state index contributed by atoms with van der Waals surface area (Å²) < 4.78 is 27.9. The summed E-state index contributed by atoms with van der Waals surface area (Å²) in [5.41, 5.74) is 2.68. The highest BCUT2D eigenvalue weighted by molar-refractivity contribution is 6.74. The van der Waals surface area contributed by atoms with Crippen LogP contribution in [-0.2, 0) is 18.6 Å². The molecule has 0 N–H and O–H groups in total. The molecular weight excluding hydrogens is 482 g/mol. The van der Waals surface area contributed by atoms with Gasteiger partial charge < -0.3 is 23.2 Å². The largest absolute Gasteiger partial charge is 0.414 e. The van der Waals surface area contributed by atoms with Crippen LogP contribution in [0.3, 0.4) is 0 Å². The van der Waals surface area contributed by atoms with Crippen molar-refractivity contribution in [1.82, 2.24) is 14.5 Å². The molecule has 4 atom stereocenters. The highest BCUT2D eigenvalue weighted by Crippen LogP contribution is 2.46. The SMILES string of the molecule is CC1(C)O[C@@H]2[C@H](O1)[C@@H](CO[Si](C)(C)C(C)(C)C)O[C@H]2n1cc(-c2ccccc2)c2c(Cl)ncnc21. The molecule has 2 aromatic heterocycles. The number of benzene rings is 1. The molecule has 5 rings (SSSR count). The Labute approximate surface area is 212 Å². The zero-order chi connectivity index (χ0) is 25.2. The van der Waals surface area contributed by atoms with Gasteiger partial charge in [0.05, 0.1) is 12.0 Å². The van der Waals surface area contributed by atoms with E-state index in [2.05, 4.69) is 56.0 Å². The molecule has 188 valence electrons. The average Bonchev–Trinajstić information content (AvgIpc) is 3.41. The first-order chi connectivity index (χ1) is 16.4. The first kappa shape index (κ1) is 24.9. The first-order valence-electron chi connectivity index (χ1n) is 12.1. The zero-order valence-corrected chi connectivity index (χ0v) is 23.2. The van der Waals surface area contributed by atoms with E-state index in [9.17, 15) is 0 Å². The van der Waals surface area contributed by atoms with Crippen LogP contribution in [0.5, 0.6) is 0 Å². The second-order valence-corrected chi connectivity index (χ2v) is 16.5. The van der Waals surface area contributed by atoms with E-state index in [0.717, 1.165) is 16.5 Å². The Balaban J connectivity index is 1.53. The molecule has 0 unspecified atom stereocenters. The van der Waals surface area contributed by atoms with Gasteiger partial charge in [0.25, 0.3) is 0 Å². The third kappa shape index (κ3) is 4.45. The summed E-state index contributed by atoms with van der Waals surface area (Å²) in [7, 11) is -1.97. The van der Waals surface area contributed by atoms with E-state index >= 15 is 0 Å². The van der Waals surface area contributed by atoms with Crippen molar-refractivity contribution in [2.24, 2.45) is 0 Å². The monoisotopic (exact) mass is 515 g/mol. The summed E-state index contributed by atoms with van der Waals surface area (Å²) in [4.78, 5) is 8.84. The lowest BCUT2D eigenvalue weighted by Gasteiger charge is -2.37. The van der Waals surface area contributed by atoms with Gasteiger partial charge in [-0.1, -0.05) is 62.7 Å². The number of halogens is 1. The van der Waals surface area contributed by atoms with Gasteiger partial charge in [-0.05, 0) is 37.5 Å². The molecule has 2 aliphatic heterocycles. The number of nitrogens with zero attached hydrogens (tertiary/aromatic N) is 3. The molecule has 4 heterocycles. The van der Waals surface area contributed by atoms with E-state index in [1.165, 1.54) is 6.33 Å². The van der Waals surface area contributed by atoms with Gasteiger partial charge in [-0.25, -0.2) is 9.97 Å². The predicted molar refractivity (Wildman–Crippen MR) is 139 cm³/mol. The number of fused-ring (bicyclic) bond motifs is 2. The zero-order valence-electron chi connectivity index (χ0n) is 21.4. The van der Waals surface area contributed by atoms with Crippen molar-refractivity contribution in [3.8, 4) is 11.1 Å². The maximum Gasteiger partial charge on any atom is 0.192 e. The summed E-state index contributed by atoms with van der Waals surface area (Å²) in [6, 6.07) is 10.1. The third-order valence-electron chi connectivity index (χ3n) is 7.46. The van der Waals surface area contributed by atoms with Gasteiger partial charge >= 0.3 is 0 Å². The van der Waals surface area contributed by atoms with Crippen LogP contribution >= 0.6 is 11.6 Å². The lowest BCUT2D eigenvalue weighted by atomic mass is 10.1. The second kappa shape index (κ2) is 8.64. The number of hydrogen-bond acceptors (Lipinski definition) is 6. The third-order valence-corrected chi connectivity index (χ3v) is 12.2. The fraction of sp³-hybridized carbons (Fsp3) is 0.538. The number of hydrogen-bond donors (Lipinski definition) is 0. The Bertz CT molecular complexity index is 1220. The van der Waals surface area contributed by atoms with Crippen molar-refractivity contribution >= 4 is 31.0 Å². The maximum absolute atomic E-state index is 6.62. The van der Waals surface area contributed by atoms with Crippen LogP contribution in [0.15, 0.2) is 42.9 Å². The molecule has 0 radical (unpaired) electrons. The van der Waals surface area contributed by atoms with Gasteiger partial charge in [-0.15, -0.1) is 0 Å². The van der Waals surface area contributed by atoms with Crippen LogP contribution in [0.2, 0.25) is 23.3 Å². The minimum atomic E-state index is -1.97. The minimum Gasteiger partial charge on any atom is -0.414 e. The maximum atomic E-state index is 6.62. The Morgan fingerprint density at radius 1 is 1.09 bits per heavy atom. The molecule has 0 spiro atoms. The number of rotatable bonds is 5. The van der Waals surface area contributed by atoms with Crippen molar-refractivity contribution in [1.29, 1.82) is 0 Å². The Kier molecular flexibility index (Phi) is 6.14. The molecule has 0 saturated carbocycles. The van der Waals surface area contributed by atoms with Crippen molar-refractivity contribution < 1.29 is 18.6 Å².